The Balaban J connectivity index is 2.36. The SMILES string of the molecule is COc1cc(C(F)(F)F)c(CC2CCCN2)cc1Cl. The normalized spacial score (nSPS) is 19.7. The van der Waals surface area contributed by atoms with Crippen molar-refractivity contribution in [3.63, 3.8) is 0 Å². The summed E-state index contributed by atoms with van der Waals surface area (Å²) < 4.78 is 44.0. The summed E-state index contributed by atoms with van der Waals surface area (Å²) in [5, 5.41) is 3.40. The van der Waals surface area contributed by atoms with Crippen LogP contribution < -0.4 is 10.1 Å². The third kappa shape index (κ3) is 3.34. The predicted octanol–water partition coefficient (Wildman–Crippen LogP) is 3.66. The zero-order valence-corrected chi connectivity index (χ0v) is 11.2. The van der Waals surface area contributed by atoms with Crippen LogP contribution in [0.3, 0.4) is 0 Å². The van der Waals surface area contributed by atoms with E-state index >= 15 is 0 Å². The molecule has 0 spiro atoms. The number of alkyl halides is 3. The fraction of sp³-hybridized carbons (Fsp3) is 0.538. The zero-order valence-electron chi connectivity index (χ0n) is 10.5. The van der Waals surface area contributed by atoms with Crippen LogP contribution in [0.2, 0.25) is 5.02 Å². The van der Waals surface area contributed by atoms with Gasteiger partial charge in [0.15, 0.2) is 0 Å². The van der Waals surface area contributed by atoms with Crippen LogP contribution in [0.25, 0.3) is 0 Å². The summed E-state index contributed by atoms with van der Waals surface area (Å²) in [6, 6.07) is 2.43. The quantitative estimate of drug-likeness (QED) is 0.918. The molecule has 1 aromatic rings. The second-order valence-corrected chi connectivity index (χ2v) is 5.05. The third-order valence-electron chi connectivity index (χ3n) is 3.31. The predicted molar refractivity (Wildman–Crippen MR) is 67.7 cm³/mol. The van der Waals surface area contributed by atoms with Crippen molar-refractivity contribution in [2.45, 2.75) is 31.5 Å². The molecular formula is C13H15ClF3NO. The molecule has 1 aromatic carbocycles. The highest BCUT2D eigenvalue weighted by Gasteiger charge is 2.35. The van der Waals surface area contributed by atoms with E-state index in [1.54, 1.807) is 0 Å². The first-order valence-electron chi connectivity index (χ1n) is 6.09. The molecule has 1 atom stereocenters. The van der Waals surface area contributed by atoms with Gasteiger partial charge in [0.05, 0.1) is 17.7 Å². The van der Waals surface area contributed by atoms with Gasteiger partial charge in [-0.25, -0.2) is 0 Å². The molecule has 1 unspecified atom stereocenters. The minimum atomic E-state index is -4.40. The smallest absolute Gasteiger partial charge is 0.416 e. The first-order valence-corrected chi connectivity index (χ1v) is 6.46. The molecule has 0 bridgehead atoms. The first-order chi connectivity index (χ1) is 8.91. The average Bonchev–Trinajstić information content (AvgIpc) is 2.80. The van der Waals surface area contributed by atoms with Crippen molar-refractivity contribution in [2.75, 3.05) is 13.7 Å². The molecule has 2 nitrogen and oxygen atoms in total. The summed E-state index contributed by atoms with van der Waals surface area (Å²) in [6.07, 6.45) is -2.18. The van der Waals surface area contributed by atoms with Crippen molar-refractivity contribution in [1.82, 2.24) is 5.32 Å². The Hall–Kier alpha value is -0.940. The molecule has 2 rings (SSSR count). The Labute approximate surface area is 114 Å². The van der Waals surface area contributed by atoms with Gasteiger partial charge in [-0.2, -0.15) is 13.2 Å². The van der Waals surface area contributed by atoms with E-state index in [0.717, 1.165) is 25.5 Å². The fourth-order valence-corrected chi connectivity index (χ4v) is 2.64. The van der Waals surface area contributed by atoms with Crippen LogP contribution in [-0.2, 0) is 12.6 Å². The molecule has 1 heterocycles. The minimum Gasteiger partial charge on any atom is -0.495 e. The molecule has 106 valence electrons. The van der Waals surface area contributed by atoms with Crippen LogP contribution in [0.4, 0.5) is 13.2 Å². The molecule has 1 aliphatic rings. The van der Waals surface area contributed by atoms with E-state index in [9.17, 15) is 13.2 Å². The molecule has 0 aliphatic carbocycles. The number of rotatable bonds is 3. The summed E-state index contributed by atoms with van der Waals surface area (Å²) in [7, 11) is 1.31. The third-order valence-corrected chi connectivity index (χ3v) is 3.61. The van der Waals surface area contributed by atoms with Gasteiger partial charge in [0.1, 0.15) is 5.75 Å². The van der Waals surface area contributed by atoms with Crippen molar-refractivity contribution in [1.29, 1.82) is 0 Å². The van der Waals surface area contributed by atoms with Gasteiger partial charge >= 0.3 is 6.18 Å². The molecule has 19 heavy (non-hydrogen) atoms. The maximum atomic E-state index is 13.1. The maximum Gasteiger partial charge on any atom is 0.416 e. The number of benzene rings is 1. The Morgan fingerprint density at radius 1 is 1.42 bits per heavy atom. The molecule has 0 radical (unpaired) electrons. The molecule has 0 aromatic heterocycles. The van der Waals surface area contributed by atoms with Gasteiger partial charge in [0.2, 0.25) is 0 Å². The van der Waals surface area contributed by atoms with Crippen molar-refractivity contribution in [3.05, 3.63) is 28.3 Å². The number of nitrogens with one attached hydrogen (secondary N) is 1. The second kappa shape index (κ2) is 5.59. The van der Waals surface area contributed by atoms with Gasteiger partial charge in [-0.1, -0.05) is 11.6 Å². The van der Waals surface area contributed by atoms with Crippen molar-refractivity contribution in [2.24, 2.45) is 0 Å². The van der Waals surface area contributed by atoms with Gasteiger partial charge in [-0.3, -0.25) is 0 Å². The van der Waals surface area contributed by atoms with Crippen molar-refractivity contribution in [3.8, 4) is 5.75 Å². The van der Waals surface area contributed by atoms with Crippen LogP contribution in [0.1, 0.15) is 24.0 Å². The fourth-order valence-electron chi connectivity index (χ4n) is 2.38. The van der Waals surface area contributed by atoms with Gasteiger partial charge in [-0.05, 0) is 43.5 Å². The van der Waals surface area contributed by atoms with Crippen molar-refractivity contribution >= 4 is 11.6 Å². The Kier molecular flexibility index (Phi) is 4.26. The average molecular weight is 294 g/mol. The molecule has 1 N–H and O–H groups in total. The highest BCUT2D eigenvalue weighted by atomic mass is 35.5. The lowest BCUT2D eigenvalue weighted by atomic mass is 9.98. The van der Waals surface area contributed by atoms with Crippen LogP contribution in [-0.4, -0.2) is 19.7 Å². The molecular weight excluding hydrogens is 279 g/mol. The molecule has 6 heteroatoms. The first kappa shape index (κ1) is 14.5. The van der Waals surface area contributed by atoms with Crippen LogP contribution in [0, 0.1) is 0 Å². The summed E-state index contributed by atoms with van der Waals surface area (Å²) in [4.78, 5) is 0. The Morgan fingerprint density at radius 2 is 2.16 bits per heavy atom. The lowest BCUT2D eigenvalue weighted by Gasteiger charge is -2.18. The summed E-state index contributed by atoms with van der Waals surface area (Å²) >= 11 is 5.92. The molecule has 1 aliphatic heterocycles. The van der Waals surface area contributed by atoms with E-state index in [-0.39, 0.29) is 22.4 Å². The lowest BCUT2D eigenvalue weighted by molar-refractivity contribution is -0.138. The minimum absolute atomic E-state index is 0.0529. The molecule has 0 amide bonds. The number of halogens is 4. The summed E-state index contributed by atoms with van der Waals surface area (Å²) in [5.74, 6) is 0.0529. The van der Waals surface area contributed by atoms with E-state index in [4.69, 9.17) is 16.3 Å². The van der Waals surface area contributed by atoms with E-state index in [1.165, 1.54) is 13.2 Å². The van der Waals surface area contributed by atoms with Gasteiger partial charge in [-0.15, -0.1) is 0 Å². The number of methoxy groups -OCH3 is 1. The van der Waals surface area contributed by atoms with Crippen molar-refractivity contribution < 1.29 is 17.9 Å². The van der Waals surface area contributed by atoms with Crippen LogP contribution >= 0.6 is 11.6 Å². The van der Waals surface area contributed by atoms with E-state index in [2.05, 4.69) is 5.32 Å². The van der Waals surface area contributed by atoms with Gasteiger partial charge < -0.3 is 10.1 Å². The highest BCUT2D eigenvalue weighted by Crippen LogP contribution is 2.38. The maximum absolute atomic E-state index is 13.1. The van der Waals surface area contributed by atoms with Crippen LogP contribution in [0.5, 0.6) is 5.75 Å². The number of hydrogen-bond donors (Lipinski definition) is 1. The van der Waals surface area contributed by atoms with Gasteiger partial charge in [0.25, 0.3) is 0 Å². The monoisotopic (exact) mass is 293 g/mol. The van der Waals surface area contributed by atoms with E-state index in [1.807, 2.05) is 0 Å². The summed E-state index contributed by atoms with van der Waals surface area (Å²) in [6.45, 7) is 0.857. The van der Waals surface area contributed by atoms with Gasteiger partial charge in [0, 0.05) is 6.04 Å². The lowest BCUT2D eigenvalue weighted by Crippen LogP contribution is -2.25. The molecule has 0 saturated carbocycles. The second-order valence-electron chi connectivity index (χ2n) is 4.64. The highest BCUT2D eigenvalue weighted by molar-refractivity contribution is 6.32. The Bertz CT molecular complexity index is 456. The number of hydrogen-bond acceptors (Lipinski definition) is 2. The summed E-state index contributed by atoms with van der Waals surface area (Å²) in [5.41, 5.74) is -0.444. The molecule has 1 fully saturated rings. The standard InChI is InChI=1S/C13H15ClF3NO/c1-19-12-7-10(13(15,16)17)8(6-11(12)14)5-9-3-2-4-18-9/h6-7,9,18H,2-5H2,1H3. The molecule has 1 saturated heterocycles. The van der Waals surface area contributed by atoms with Crippen LogP contribution in [0.15, 0.2) is 12.1 Å². The largest absolute Gasteiger partial charge is 0.495 e. The Morgan fingerprint density at radius 3 is 2.68 bits per heavy atom. The van der Waals surface area contributed by atoms with E-state index in [0.29, 0.717) is 6.42 Å². The van der Waals surface area contributed by atoms with E-state index < -0.39 is 11.7 Å². The number of ether oxygens (including phenoxy) is 1. The topological polar surface area (TPSA) is 21.3 Å². The zero-order chi connectivity index (χ0) is 14.0.